The molecule has 0 radical (unpaired) electrons. The van der Waals surface area contributed by atoms with Gasteiger partial charge >= 0.3 is 0 Å². The maximum atomic E-state index is 12.0. The molecule has 4 nitrogen and oxygen atoms in total. The van der Waals surface area contributed by atoms with Crippen LogP contribution < -0.4 is 0 Å². The Kier molecular flexibility index (Phi) is 4.43. The van der Waals surface area contributed by atoms with Gasteiger partial charge in [-0.2, -0.15) is 23.5 Å². The van der Waals surface area contributed by atoms with Crippen molar-refractivity contribution in [2.45, 2.75) is 24.7 Å². The summed E-state index contributed by atoms with van der Waals surface area (Å²) >= 11 is 3.58. The molecule has 6 heteroatoms. The van der Waals surface area contributed by atoms with Crippen LogP contribution in [0.15, 0.2) is 0 Å². The van der Waals surface area contributed by atoms with Gasteiger partial charge < -0.3 is 14.6 Å². The van der Waals surface area contributed by atoms with Gasteiger partial charge in [0.05, 0.1) is 25.2 Å². The monoisotopic (exact) mass is 304 g/mol. The van der Waals surface area contributed by atoms with Gasteiger partial charge in [0.2, 0.25) is 0 Å². The molecule has 19 heavy (non-hydrogen) atoms. The van der Waals surface area contributed by atoms with Crippen molar-refractivity contribution in [2.75, 3.05) is 36.2 Å². The van der Waals surface area contributed by atoms with Crippen LogP contribution in [-0.4, -0.2) is 59.0 Å². The molecule has 3 aliphatic heterocycles. The average molecular weight is 304 g/mol. The Balaban J connectivity index is 1.76. The van der Waals surface area contributed by atoms with Crippen LogP contribution in [0.4, 0.5) is 0 Å². The quantitative estimate of drug-likeness (QED) is 0.826. The molecule has 3 atom stereocenters. The van der Waals surface area contributed by atoms with Crippen LogP contribution in [0.25, 0.3) is 0 Å². The molecule has 0 aliphatic carbocycles. The van der Waals surface area contributed by atoms with E-state index < -0.39 is 11.9 Å². The molecule has 3 aliphatic rings. The SMILES string of the molecule is O=C1CCSC[C@H]1[C@@H](O)[C@H]1CSCCC12OCCO2. The Labute approximate surface area is 122 Å². The summed E-state index contributed by atoms with van der Waals surface area (Å²) in [4.78, 5) is 12.0. The fourth-order valence-electron chi connectivity index (χ4n) is 3.16. The highest BCUT2D eigenvalue weighted by Gasteiger charge is 2.51. The van der Waals surface area contributed by atoms with Gasteiger partial charge in [0, 0.05) is 36.0 Å². The normalized spacial score (nSPS) is 36.6. The number of hydrogen-bond donors (Lipinski definition) is 1. The van der Waals surface area contributed by atoms with Crippen LogP contribution in [-0.2, 0) is 14.3 Å². The largest absolute Gasteiger partial charge is 0.392 e. The molecule has 108 valence electrons. The van der Waals surface area contributed by atoms with E-state index in [0.29, 0.717) is 19.6 Å². The summed E-state index contributed by atoms with van der Waals surface area (Å²) in [6.07, 6.45) is 0.764. The highest BCUT2D eigenvalue weighted by atomic mass is 32.2. The standard InChI is InChI=1S/C13H20O4S2/c14-11-1-5-18-7-9(11)12(15)10-8-19-6-2-13(10)16-3-4-17-13/h9-10,12,15H,1-8H2/t9-,10-,12-/m1/s1. The van der Waals surface area contributed by atoms with E-state index in [-0.39, 0.29) is 17.6 Å². The number of ether oxygens (including phenoxy) is 2. The highest BCUT2D eigenvalue weighted by molar-refractivity contribution is 7.99. The number of carbonyl (C=O) groups is 1. The molecule has 3 heterocycles. The van der Waals surface area contributed by atoms with Gasteiger partial charge in [-0.05, 0) is 5.75 Å². The second-order valence-electron chi connectivity index (χ2n) is 5.33. The lowest BCUT2D eigenvalue weighted by Gasteiger charge is -2.43. The van der Waals surface area contributed by atoms with Crippen LogP contribution in [0, 0.1) is 11.8 Å². The number of aliphatic hydroxyl groups excluding tert-OH is 1. The lowest BCUT2D eigenvalue weighted by atomic mass is 9.82. The van der Waals surface area contributed by atoms with E-state index >= 15 is 0 Å². The number of Topliss-reactive ketones (excluding diaryl/α,β-unsaturated/α-hetero) is 1. The summed E-state index contributed by atoms with van der Waals surface area (Å²) in [5.41, 5.74) is 0. The molecule has 1 N–H and O–H groups in total. The van der Waals surface area contributed by atoms with Crippen molar-refractivity contribution in [3.8, 4) is 0 Å². The van der Waals surface area contributed by atoms with E-state index in [1.54, 1.807) is 11.8 Å². The second-order valence-corrected chi connectivity index (χ2v) is 7.63. The van der Waals surface area contributed by atoms with Crippen molar-refractivity contribution in [3.05, 3.63) is 0 Å². The lowest BCUT2D eigenvalue weighted by Crippen LogP contribution is -2.53. The van der Waals surface area contributed by atoms with Crippen molar-refractivity contribution >= 4 is 29.3 Å². The number of hydrogen-bond acceptors (Lipinski definition) is 6. The maximum Gasteiger partial charge on any atom is 0.175 e. The maximum absolute atomic E-state index is 12.0. The van der Waals surface area contributed by atoms with Crippen LogP contribution >= 0.6 is 23.5 Å². The van der Waals surface area contributed by atoms with Crippen LogP contribution in [0.3, 0.4) is 0 Å². The zero-order chi connectivity index (χ0) is 13.3. The van der Waals surface area contributed by atoms with Gasteiger partial charge in [0.25, 0.3) is 0 Å². The Morgan fingerprint density at radius 1 is 1.21 bits per heavy atom. The molecule has 3 rings (SSSR count). The van der Waals surface area contributed by atoms with Crippen LogP contribution in [0.2, 0.25) is 0 Å². The third-order valence-corrected chi connectivity index (χ3v) is 6.44. The molecular weight excluding hydrogens is 284 g/mol. The Morgan fingerprint density at radius 2 is 1.95 bits per heavy atom. The predicted molar refractivity (Wildman–Crippen MR) is 76.5 cm³/mol. The zero-order valence-corrected chi connectivity index (χ0v) is 12.5. The fraction of sp³-hybridized carbons (Fsp3) is 0.923. The van der Waals surface area contributed by atoms with E-state index in [4.69, 9.17) is 9.47 Å². The number of ketones is 1. The number of rotatable bonds is 2. The van der Waals surface area contributed by atoms with Gasteiger partial charge in [-0.25, -0.2) is 0 Å². The summed E-state index contributed by atoms with van der Waals surface area (Å²) in [6, 6.07) is 0. The molecule has 0 aromatic rings. The molecule has 3 fully saturated rings. The molecule has 0 amide bonds. The topological polar surface area (TPSA) is 55.8 Å². The first-order chi connectivity index (χ1) is 9.23. The van der Waals surface area contributed by atoms with Gasteiger partial charge in [0.15, 0.2) is 5.79 Å². The molecule has 0 aromatic heterocycles. The molecule has 0 unspecified atom stereocenters. The van der Waals surface area contributed by atoms with E-state index in [1.807, 2.05) is 11.8 Å². The van der Waals surface area contributed by atoms with Crippen molar-refractivity contribution < 1.29 is 19.4 Å². The molecule has 0 bridgehead atoms. The van der Waals surface area contributed by atoms with Crippen molar-refractivity contribution in [1.82, 2.24) is 0 Å². The zero-order valence-electron chi connectivity index (χ0n) is 10.9. The first-order valence-electron chi connectivity index (χ1n) is 6.87. The van der Waals surface area contributed by atoms with Gasteiger partial charge in [-0.1, -0.05) is 0 Å². The minimum Gasteiger partial charge on any atom is -0.392 e. The van der Waals surface area contributed by atoms with E-state index in [1.165, 1.54) is 0 Å². The first-order valence-corrected chi connectivity index (χ1v) is 9.18. The van der Waals surface area contributed by atoms with Crippen LogP contribution in [0.5, 0.6) is 0 Å². The number of aliphatic hydroxyl groups is 1. The van der Waals surface area contributed by atoms with E-state index in [0.717, 1.165) is 29.4 Å². The number of carbonyl (C=O) groups excluding carboxylic acids is 1. The minimum absolute atomic E-state index is 0.0820. The van der Waals surface area contributed by atoms with Gasteiger partial charge in [-0.15, -0.1) is 0 Å². The third kappa shape index (κ3) is 2.70. The predicted octanol–water partition coefficient (Wildman–Crippen LogP) is 1.17. The minimum atomic E-state index is -0.633. The Hall–Kier alpha value is 0.250. The molecular formula is C13H20O4S2. The summed E-state index contributed by atoms with van der Waals surface area (Å²) in [6.45, 7) is 1.20. The van der Waals surface area contributed by atoms with E-state index in [2.05, 4.69) is 0 Å². The summed E-state index contributed by atoms with van der Waals surface area (Å²) in [5, 5.41) is 10.7. The fourth-order valence-corrected chi connectivity index (χ4v) is 5.61. The lowest BCUT2D eigenvalue weighted by molar-refractivity contribution is -0.217. The van der Waals surface area contributed by atoms with E-state index in [9.17, 15) is 9.90 Å². The Bertz CT molecular complexity index is 344. The van der Waals surface area contributed by atoms with Crippen LogP contribution in [0.1, 0.15) is 12.8 Å². The first kappa shape index (κ1) is 14.2. The highest BCUT2D eigenvalue weighted by Crippen LogP contribution is 2.43. The summed E-state index contributed by atoms with van der Waals surface area (Å²) in [5.74, 6) is 2.68. The van der Waals surface area contributed by atoms with Gasteiger partial charge in [-0.3, -0.25) is 4.79 Å². The molecule has 3 saturated heterocycles. The smallest absolute Gasteiger partial charge is 0.175 e. The Morgan fingerprint density at radius 3 is 2.68 bits per heavy atom. The third-order valence-electron chi connectivity index (χ3n) is 4.26. The molecule has 0 aromatic carbocycles. The second kappa shape index (κ2) is 5.93. The summed E-state index contributed by atoms with van der Waals surface area (Å²) in [7, 11) is 0. The average Bonchev–Trinajstić information content (AvgIpc) is 2.88. The molecule has 1 spiro atoms. The van der Waals surface area contributed by atoms with Gasteiger partial charge in [0.1, 0.15) is 5.78 Å². The molecule has 0 saturated carbocycles. The van der Waals surface area contributed by atoms with Crippen molar-refractivity contribution in [1.29, 1.82) is 0 Å². The summed E-state index contributed by atoms with van der Waals surface area (Å²) < 4.78 is 11.7. The number of thioether (sulfide) groups is 2. The van der Waals surface area contributed by atoms with Crippen molar-refractivity contribution in [3.63, 3.8) is 0 Å². The van der Waals surface area contributed by atoms with Crippen molar-refractivity contribution in [2.24, 2.45) is 11.8 Å².